The minimum absolute atomic E-state index is 0.108. The fourth-order valence-electron chi connectivity index (χ4n) is 3.38. The molecule has 1 aliphatic heterocycles. The molecule has 11 nitrogen and oxygen atoms in total. The number of amides is 2. The fourth-order valence-corrected chi connectivity index (χ4v) is 3.38. The van der Waals surface area contributed by atoms with Crippen molar-refractivity contribution in [1.82, 2.24) is 34.2 Å². The number of carbonyl (C=O) groups excluding carboxylic acids is 2. The maximum atomic E-state index is 12.9. The largest absolute Gasteiger partial charge is 0.444 e. The van der Waals surface area contributed by atoms with Gasteiger partial charge in [-0.05, 0) is 39.8 Å². The first-order chi connectivity index (χ1) is 14.5. The molecule has 0 saturated carbocycles. The number of aromatic nitrogens is 5. The maximum Gasteiger partial charge on any atom is 0.410 e. The number of hydrogen-bond donors (Lipinski definition) is 1. The molecule has 3 aromatic heterocycles. The molecule has 1 saturated heterocycles. The summed E-state index contributed by atoms with van der Waals surface area (Å²) in [5.74, 6) is 0.0263. The highest BCUT2D eigenvalue weighted by Crippen LogP contribution is 2.21. The van der Waals surface area contributed by atoms with E-state index in [-0.39, 0.29) is 23.5 Å². The number of carbonyl (C=O) groups is 2. The third kappa shape index (κ3) is 3.78. The summed E-state index contributed by atoms with van der Waals surface area (Å²) in [5, 5.41) is 8.58. The number of ether oxygens (including phenoxy) is 1. The van der Waals surface area contributed by atoms with Crippen LogP contribution in [0.1, 0.15) is 36.8 Å². The van der Waals surface area contributed by atoms with E-state index in [2.05, 4.69) is 15.2 Å². The molecule has 11 heteroatoms. The summed E-state index contributed by atoms with van der Waals surface area (Å²) < 4.78 is 8.27. The van der Waals surface area contributed by atoms with Gasteiger partial charge in [0.25, 0.3) is 11.5 Å². The van der Waals surface area contributed by atoms with Crippen LogP contribution in [0, 0.1) is 6.92 Å². The van der Waals surface area contributed by atoms with Crippen LogP contribution in [0.25, 0.3) is 11.5 Å². The summed E-state index contributed by atoms with van der Waals surface area (Å²) >= 11 is 0. The molecule has 0 bridgehead atoms. The first-order valence-corrected chi connectivity index (χ1v) is 9.93. The van der Waals surface area contributed by atoms with E-state index in [4.69, 9.17) is 4.74 Å². The molecule has 0 aliphatic carbocycles. The van der Waals surface area contributed by atoms with Gasteiger partial charge in [-0.25, -0.2) is 14.0 Å². The summed E-state index contributed by atoms with van der Waals surface area (Å²) in [6.07, 6.45) is 2.71. The Labute approximate surface area is 178 Å². The molecule has 164 valence electrons. The lowest BCUT2D eigenvalue weighted by Gasteiger charge is -2.43. The first-order valence-electron chi connectivity index (χ1n) is 9.93. The molecular weight excluding hydrogens is 402 g/mol. The zero-order valence-corrected chi connectivity index (χ0v) is 18.1. The quantitative estimate of drug-likeness (QED) is 0.671. The van der Waals surface area contributed by atoms with Crippen LogP contribution in [0.5, 0.6) is 0 Å². The van der Waals surface area contributed by atoms with Crippen LogP contribution < -0.4 is 5.56 Å². The van der Waals surface area contributed by atoms with Crippen LogP contribution in [0.3, 0.4) is 0 Å². The second-order valence-electron chi connectivity index (χ2n) is 8.63. The lowest BCUT2D eigenvalue weighted by atomic mass is 10.1. The Hall–Kier alpha value is -3.63. The Kier molecular flexibility index (Phi) is 4.83. The molecule has 4 heterocycles. The molecule has 0 spiro atoms. The maximum absolute atomic E-state index is 12.9. The highest BCUT2D eigenvalue weighted by Gasteiger charge is 2.38. The van der Waals surface area contributed by atoms with E-state index in [1.807, 2.05) is 20.8 Å². The molecule has 31 heavy (non-hydrogen) atoms. The van der Waals surface area contributed by atoms with Gasteiger partial charge in [-0.1, -0.05) is 0 Å². The van der Waals surface area contributed by atoms with E-state index in [1.54, 1.807) is 37.2 Å². The van der Waals surface area contributed by atoms with Crippen molar-refractivity contribution in [2.75, 3.05) is 20.1 Å². The lowest BCUT2D eigenvalue weighted by Crippen LogP contribution is -2.61. The number of nitrogens with one attached hydrogen (secondary N) is 1. The number of hydrogen-bond acceptors (Lipinski definition) is 6. The van der Waals surface area contributed by atoms with Gasteiger partial charge in [0.1, 0.15) is 11.1 Å². The van der Waals surface area contributed by atoms with Gasteiger partial charge < -0.3 is 14.5 Å². The van der Waals surface area contributed by atoms with E-state index in [9.17, 15) is 14.4 Å². The monoisotopic (exact) mass is 427 g/mol. The predicted octanol–water partition coefficient (Wildman–Crippen LogP) is 1.21. The first kappa shape index (κ1) is 20.6. The number of fused-ring (bicyclic) bond motifs is 1. The minimum atomic E-state index is -0.574. The van der Waals surface area contributed by atoms with E-state index >= 15 is 0 Å². The van der Waals surface area contributed by atoms with Gasteiger partial charge >= 0.3 is 6.09 Å². The number of aromatic amines is 1. The highest BCUT2D eigenvalue weighted by molar-refractivity contribution is 5.95. The molecule has 2 amide bonds. The molecule has 0 radical (unpaired) electrons. The number of likely N-dealkylation sites (N-methyl/N-ethyl adjacent to an activating group) is 1. The van der Waals surface area contributed by atoms with Gasteiger partial charge in [-0.2, -0.15) is 5.10 Å². The van der Waals surface area contributed by atoms with Gasteiger partial charge in [0.05, 0.1) is 23.5 Å². The lowest BCUT2D eigenvalue weighted by molar-refractivity contribution is -0.00209. The van der Waals surface area contributed by atoms with E-state index in [1.165, 1.54) is 20.3 Å². The zero-order chi connectivity index (χ0) is 22.5. The Bertz CT molecular complexity index is 1210. The van der Waals surface area contributed by atoms with Gasteiger partial charge in [-0.15, -0.1) is 5.10 Å². The number of H-pyrrole nitrogens is 1. The minimum Gasteiger partial charge on any atom is -0.444 e. The van der Waals surface area contributed by atoms with Gasteiger partial charge in [0.15, 0.2) is 0 Å². The van der Waals surface area contributed by atoms with Gasteiger partial charge in [-0.3, -0.25) is 14.6 Å². The molecule has 1 N–H and O–H groups in total. The van der Waals surface area contributed by atoms with Crippen LogP contribution in [0.15, 0.2) is 29.3 Å². The molecule has 0 unspecified atom stereocenters. The molecule has 0 atom stereocenters. The standard InChI is InChI=1S/C20H25N7O4/c1-12-14(9-21-27(12)18-22-16(28)15-7-6-8-26(15)23-18)17(29)25-10-13(11-25)24(5)19(30)31-20(2,3)4/h6-9,13H,10-11H2,1-5H3,(H,22,23,28). The van der Waals surface area contributed by atoms with Crippen molar-refractivity contribution in [2.45, 2.75) is 39.3 Å². The average Bonchev–Trinajstić information content (AvgIpc) is 3.25. The average molecular weight is 427 g/mol. The van der Waals surface area contributed by atoms with Crippen LogP contribution in [-0.4, -0.2) is 78.0 Å². The van der Waals surface area contributed by atoms with Gasteiger partial charge in [0, 0.05) is 26.3 Å². The third-order valence-electron chi connectivity index (χ3n) is 5.21. The van der Waals surface area contributed by atoms with Gasteiger partial charge in [0.2, 0.25) is 5.95 Å². The molecular formula is C20H25N7O4. The van der Waals surface area contributed by atoms with Crippen LogP contribution in [-0.2, 0) is 4.74 Å². The van der Waals surface area contributed by atoms with Crippen LogP contribution in [0.2, 0.25) is 0 Å². The topological polar surface area (TPSA) is 118 Å². The van der Waals surface area contributed by atoms with Crippen molar-refractivity contribution in [3.63, 3.8) is 0 Å². The van der Waals surface area contributed by atoms with E-state index in [0.717, 1.165) is 0 Å². The van der Waals surface area contributed by atoms with Crippen molar-refractivity contribution in [2.24, 2.45) is 0 Å². The zero-order valence-electron chi connectivity index (χ0n) is 18.1. The van der Waals surface area contributed by atoms with Crippen LogP contribution >= 0.6 is 0 Å². The molecule has 3 aromatic rings. The molecule has 1 fully saturated rings. The number of rotatable bonds is 3. The third-order valence-corrected chi connectivity index (χ3v) is 5.21. The molecule has 1 aliphatic rings. The summed E-state index contributed by atoms with van der Waals surface area (Å²) in [5.41, 5.74) is 0.519. The SMILES string of the molecule is Cc1c(C(=O)N2CC(N(C)C(=O)OC(C)(C)C)C2)cnn1-c1nn2cccc2c(=O)[nH]1. The van der Waals surface area contributed by atoms with Crippen molar-refractivity contribution >= 4 is 17.5 Å². The van der Waals surface area contributed by atoms with Crippen molar-refractivity contribution in [1.29, 1.82) is 0 Å². The van der Waals surface area contributed by atoms with Crippen molar-refractivity contribution in [3.05, 3.63) is 46.1 Å². The Balaban J connectivity index is 1.47. The summed E-state index contributed by atoms with van der Waals surface area (Å²) in [7, 11) is 1.67. The van der Waals surface area contributed by atoms with E-state index in [0.29, 0.717) is 29.9 Å². The molecule has 0 aromatic carbocycles. The highest BCUT2D eigenvalue weighted by atomic mass is 16.6. The van der Waals surface area contributed by atoms with E-state index < -0.39 is 11.7 Å². The smallest absolute Gasteiger partial charge is 0.410 e. The summed E-state index contributed by atoms with van der Waals surface area (Å²) in [4.78, 5) is 43.2. The van der Waals surface area contributed by atoms with Crippen LogP contribution in [0.4, 0.5) is 4.79 Å². The van der Waals surface area contributed by atoms with Crippen molar-refractivity contribution in [3.8, 4) is 5.95 Å². The fraction of sp³-hybridized carbons (Fsp3) is 0.450. The Morgan fingerprint density at radius 1 is 1.29 bits per heavy atom. The second kappa shape index (κ2) is 7.25. The number of nitrogens with zero attached hydrogens (tertiary/aromatic N) is 6. The second-order valence-corrected chi connectivity index (χ2v) is 8.63. The summed E-state index contributed by atoms with van der Waals surface area (Å²) in [6.45, 7) is 7.99. The predicted molar refractivity (Wildman–Crippen MR) is 111 cm³/mol. The Morgan fingerprint density at radius 2 is 2.00 bits per heavy atom. The Morgan fingerprint density at radius 3 is 2.68 bits per heavy atom. The molecule has 4 rings (SSSR count). The van der Waals surface area contributed by atoms with Crippen molar-refractivity contribution < 1.29 is 14.3 Å². The summed E-state index contributed by atoms with van der Waals surface area (Å²) in [6, 6.07) is 3.28. The number of likely N-dealkylation sites (tertiary alicyclic amines) is 1. The normalized spacial score (nSPS) is 14.5.